The Morgan fingerprint density at radius 1 is 1.17 bits per heavy atom. The number of nitrogens with zero attached hydrogens (tertiary/aromatic N) is 2. The number of aromatic nitrogens is 1. The summed E-state index contributed by atoms with van der Waals surface area (Å²) in [5.41, 5.74) is -2.45. The van der Waals surface area contributed by atoms with Gasteiger partial charge in [-0.15, -0.1) is 0 Å². The maximum atomic E-state index is 12.8. The fourth-order valence-corrected chi connectivity index (χ4v) is 2.28. The van der Waals surface area contributed by atoms with E-state index in [-0.39, 0.29) is 24.3 Å². The van der Waals surface area contributed by atoms with Crippen molar-refractivity contribution in [3.05, 3.63) is 34.2 Å². The first-order valence-electron chi connectivity index (χ1n) is 7.56. The van der Waals surface area contributed by atoms with E-state index >= 15 is 0 Å². The molecular weight excluding hydrogens is 309 g/mol. The second kappa shape index (κ2) is 7.66. The molecule has 0 aromatic carbocycles. The van der Waals surface area contributed by atoms with E-state index in [2.05, 4.69) is 0 Å². The smallest absolute Gasteiger partial charge is 0.341 e. The van der Waals surface area contributed by atoms with Crippen molar-refractivity contribution in [2.75, 3.05) is 13.1 Å². The summed E-state index contributed by atoms with van der Waals surface area (Å²) in [6.45, 7) is 8.44. The van der Waals surface area contributed by atoms with E-state index in [1.165, 1.54) is 6.20 Å². The monoisotopic (exact) mass is 332 g/mol. The highest BCUT2D eigenvalue weighted by Crippen LogP contribution is 2.25. The summed E-state index contributed by atoms with van der Waals surface area (Å²) in [5.74, 6) is 0.112. The SMILES string of the molecule is CC(C)CN(CC(C)C)C(=O)Cn1cccc(C(F)(F)F)c1=O. The Hall–Kier alpha value is -1.79. The Kier molecular flexibility index (Phi) is 6.41. The van der Waals surface area contributed by atoms with Crippen LogP contribution in [0.1, 0.15) is 33.3 Å². The summed E-state index contributed by atoms with van der Waals surface area (Å²) in [6, 6.07) is 1.86. The molecule has 0 radical (unpaired) electrons. The zero-order valence-corrected chi connectivity index (χ0v) is 13.9. The number of amides is 1. The van der Waals surface area contributed by atoms with E-state index in [1.54, 1.807) is 4.90 Å². The van der Waals surface area contributed by atoms with Gasteiger partial charge >= 0.3 is 6.18 Å². The van der Waals surface area contributed by atoms with Crippen molar-refractivity contribution in [1.82, 2.24) is 9.47 Å². The summed E-state index contributed by atoms with van der Waals surface area (Å²) in [4.78, 5) is 25.9. The number of carbonyl (C=O) groups excluding carboxylic acids is 1. The van der Waals surface area contributed by atoms with Gasteiger partial charge in [0.1, 0.15) is 12.1 Å². The molecule has 0 fully saturated rings. The van der Waals surface area contributed by atoms with Crippen LogP contribution in [0, 0.1) is 11.8 Å². The Labute approximate surface area is 133 Å². The second-order valence-corrected chi connectivity index (χ2v) is 6.44. The second-order valence-electron chi connectivity index (χ2n) is 6.44. The van der Waals surface area contributed by atoms with Crippen molar-refractivity contribution in [2.45, 2.75) is 40.4 Å². The number of halogens is 3. The van der Waals surface area contributed by atoms with Crippen molar-refractivity contribution >= 4 is 5.91 Å². The van der Waals surface area contributed by atoms with Crippen molar-refractivity contribution in [3.8, 4) is 0 Å². The summed E-state index contributed by atoms with van der Waals surface area (Å²) < 4.78 is 39.1. The quantitative estimate of drug-likeness (QED) is 0.804. The summed E-state index contributed by atoms with van der Waals surface area (Å²) in [7, 11) is 0. The van der Waals surface area contributed by atoms with E-state index in [1.807, 2.05) is 27.7 Å². The topological polar surface area (TPSA) is 42.3 Å². The van der Waals surface area contributed by atoms with Gasteiger partial charge in [-0.25, -0.2) is 0 Å². The van der Waals surface area contributed by atoms with Gasteiger partial charge in [-0.2, -0.15) is 13.2 Å². The highest BCUT2D eigenvalue weighted by molar-refractivity contribution is 5.76. The van der Waals surface area contributed by atoms with Gasteiger partial charge in [-0.3, -0.25) is 9.59 Å². The van der Waals surface area contributed by atoms with E-state index in [9.17, 15) is 22.8 Å². The van der Waals surface area contributed by atoms with Crippen LogP contribution in [0.15, 0.2) is 23.1 Å². The fraction of sp³-hybridized carbons (Fsp3) is 0.625. The number of pyridine rings is 1. The van der Waals surface area contributed by atoms with Gasteiger partial charge in [-0.1, -0.05) is 27.7 Å². The molecule has 0 aliphatic carbocycles. The van der Waals surface area contributed by atoms with E-state index in [0.717, 1.165) is 16.7 Å². The number of alkyl halides is 3. The standard InChI is InChI=1S/C16H23F3N2O2/c1-11(2)8-21(9-12(3)4)14(22)10-20-7-5-6-13(15(20)23)16(17,18)19/h5-7,11-12H,8-10H2,1-4H3. The van der Waals surface area contributed by atoms with Crippen LogP contribution in [0.2, 0.25) is 0 Å². The predicted octanol–water partition coefficient (Wildman–Crippen LogP) is 3.01. The summed E-state index contributed by atoms with van der Waals surface area (Å²) >= 11 is 0. The Morgan fingerprint density at radius 2 is 1.70 bits per heavy atom. The van der Waals surface area contributed by atoms with Crippen molar-refractivity contribution < 1.29 is 18.0 Å². The Bertz CT molecular complexity index is 582. The van der Waals surface area contributed by atoms with Gasteiger partial charge in [0, 0.05) is 19.3 Å². The highest BCUT2D eigenvalue weighted by atomic mass is 19.4. The first kappa shape index (κ1) is 19.3. The Balaban J connectivity index is 3.01. The first-order chi connectivity index (χ1) is 10.5. The zero-order chi connectivity index (χ0) is 17.8. The van der Waals surface area contributed by atoms with E-state index < -0.39 is 17.3 Å². The van der Waals surface area contributed by atoms with E-state index in [4.69, 9.17) is 0 Å². The minimum Gasteiger partial charge on any atom is -0.341 e. The molecule has 0 atom stereocenters. The van der Waals surface area contributed by atoms with Gasteiger partial charge in [0.05, 0.1) is 0 Å². The number of hydrogen-bond acceptors (Lipinski definition) is 2. The molecule has 0 saturated heterocycles. The molecule has 0 spiro atoms. The minimum absolute atomic E-state index is 0.232. The van der Waals surface area contributed by atoms with Crippen molar-refractivity contribution in [2.24, 2.45) is 11.8 Å². The minimum atomic E-state index is -4.72. The molecule has 1 amide bonds. The molecule has 1 aromatic heterocycles. The fourth-order valence-electron chi connectivity index (χ4n) is 2.28. The van der Waals surface area contributed by atoms with Crippen molar-refractivity contribution in [3.63, 3.8) is 0 Å². The third-order valence-corrected chi connectivity index (χ3v) is 3.15. The van der Waals surface area contributed by atoms with E-state index in [0.29, 0.717) is 13.1 Å². The lowest BCUT2D eigenvalue weighted by atomic mass is 10.1. The molecule has 0 bridgehead atoms. The van der Waals surface area contributed by atoms with Gasteiger partial charge < -0.3 is 9.47 Å². The van der Waals surface area contributed by atoms with Crippen LogP contribution in [0.3, 0.4) is 0 Å². The van der Waals surface area contributed by atoms with Crippen LogP contribution >= 0.6 is 0 Å². The largest absolute Gasteiger partial charge is 0.421 e. The predicted molar refractivity (Wildman–Crippen MR) is 82.0 cm³/mol. The maximum Gasteiger partial charge on any atom is 0.421 e. The molecular formula is C16H23F3N2O2. The third kappa shape index (κ3) is 5.73. The van der Waals surface area contributed by atoms with Crippen LogP contribution in [0.25, 0.3) is 0 Å². The summed E-state index contributed by atoms with van der Waals surface area (Å²) in [5, 5.41) is 0. The molecule has 7 heteroatoms. The average Bonchev–Trinajstić information content (AvgIpc) is 2.37. The van der Waals surface area contributed by atoms with Gasteiger partial charge in [0.2, 0.25) is 5.91 Å². The maximum absolute atomic E-state index is 12.8. The van der Waals surface area contributed by atoms with Crippen LogP contribution in [0.5, 0.6) is 0 Å². The molecule has 1 aromatic rings. The lowest BCUT2D eigenvalue weighted by Crippen LogP contribution is -2.41. The lowest BCUT2D eigenvalue weighted by molar-refractivity contribution is -0.139. The Morgan fingerprint density at radius 3 is 2.13 bits per heavy atom. The van der Waals surface area contributed by atoms with Crippen LogP contribution in [0.4, 0.5) is 13.2 Å². The van der Waals surface area contributed by atoms with Crippen LogP contribution in [-0.2, 0) is 17.5 Å². The van der Waals surface area contributed by atoms with Crippen LogP contribution in [-0.4, -0.2) is 28.5 Å². The van der Waals surface area contributed by atoms with Gasteiger partial charge in [0.25, 0.3) is 5.56 Å². The molecule has 23 heavy (non-hydrogen) atoms. The molecule has 0 aliphatic rings. The average molecular weight is 332 g/mol. The molecule has 0 N–H and O–H groups in total. The van der Waals surface area contributed by atoms with Gasteiger partial charge in [-0.05, 0) is 24.0 Å². The number of hydrogen-bond donors (Lipinski definition) is 0. The van der Waals surface area contributed by atoms with Crippen molar-refractivity contribution in [1.29, 1.82) is 0 Å². The molecule has 4 nitrogen and oxygen atoms in total. The zero-order valence-electron chi connectivity index (χ0n) is 13.9. The molecule has 1 heterocycles. The number of carbonyl (C=O) groups is 1. The number of rotatable bonds is 6. The first-order valence-corrected chi connectivity index (χ1v) is 7.56. The van der Waals surface area contributed by atoms with Gasteiger partial charge in [0.15, 0.2) is 0 Å². The third-order valence-electron chi connectivity index (χ3n) is 3.15. The molecule has 0 unspecified atom stereocenters. The molecule has 130 valence electrons. The molecule has 0 aliphatic heterocycles. The summed E-state index contributed by atoms with van der Waals surface area (Å²) in [6.07, 6.45) is -3.52. The molecule has 1 rings (SSSR count). The van der Waals surface area contributed by atoms with Crippen LogP contribution < -0.4 is 5.56 Å². The highest BCUT2D eigenvalue weighted by Gasteiger charge is 2.34. The lowest BCUT2D eigenvalue weighted by Gasteiger charge is -2.26. The normalized spacial score (nSPS) is 12.0. The molecule has 0 saturated carbocycles.